The van der Waals surface area contributed by atoms with Crippen molar-refractivity contribution >= 4 is 7.82 Å². The van der Waals surface area contributed by atoms with Gasteiger partial charge in [0.15, 0.2) is 0 Å². The van der Waals surface area contributed by atoms with Crippen molar-refractivity contribution in [3.05, 3.63) is 41.7 Å². The summed E-state index contributed by atoms with van der Waals surface area (Å²) in [7, 11) is -1.86. The number of hydrogen-bond donors (Lipinski definition) is 0. The lowest BCUT2D eigenvalue weighted by Gasteiger charge is -2.25. The fourth-order valence-corrected chi connectivity index (χ4v) is 3.98. The Morgan fingerprint density at radius 1 is 1.17 bits per heavy atom. The first-order chi connectivity index (χ1) is 11.1. The van der Waals surface area contributed by atoms with Crippen LogP contribution in [0, 0.1) is 0 Å². The number of phosphoric acid groups is 1. The number of benzene rings is 1. The van der Waals surface area contributed by atoms with Crippen molar-refractivity contribution in [2.75, 3.05) is 20.3 Å². The first-order valence-electron chi connectivity index (χ1n) is 8.04. The molecule has 1 unspecified atom stereocenters. The number of methoxy groups -OCH3 is 1. The van der Waals surface area contributed by atoms with E-state index in [0.29, 0.717) is 5.76 Å². The maximum absolute atomic E-state index is 12.5. The van der Waals surface area contributed by atoms with Gasteiger partial charge in [-0.15, -0.1) is 0 Å². The fraction of sp³-hybridized carbons (Fsp3) is 0.529. The van der Waals surface area contributed by atoms with E-state index in [1.165, 1.54) is 0 Å². The minimum absolute atomic E-state index is 0.173. The summed E-state index contributed by atoms with van der Waals surface area (Å²) in [6.07, 6.45) is 4.69. The van der Waals surface area contributed by atoms with Crippen LogP contribution in [0.3, 0.4) is 0 Å². The second-order valence-electron chi connectivity index (χ2n) is 5.25. The van der Waals surface area contributed by atoms with E-state index >= 15 is 0 Å². The van der Waals surface area contributed by atoms with Crippen LogP contribution in [-0.2, 0) is 18.1 Å². The Morgan fingerprint density at radius 2 is 1.87 bits per heavy atom. The van der Waals surface area contributed by atoms with Crippen LogP contribution in [-0.4, -0.2) is 20.3 Å². The van der Waals surface area contributed by atoms with E-state index in [2.05, 4.69) is 0 Å². The minimum atomic E-state index is -3.52. The molecule has 23 heavy (non-hydrogen) atoms. The summed E-state index contributed by atoms with van der Waals surface area (Å²) in [5.74, 6) is 1.69. The molecule has 0 aliphatic heterocycles. The molecule has 0 fully saturated rings. The Morgan fingerprint density at radius 3 is 2.52 bits per heavy atom. The summed E-state index contributed by atoms with van der Waals surface area (Å²) < 4.78 is 34.0. The predicted octanol–water partition coefficient (Wildman–Crippen LogP) is 5.04. The third kappa shape index (κ3) is 4.84. The molecule has 0 saturated carbocycles. The van der Waals surface area contributed by atoms with Crippen LogP contribution in [0.5, 0.6) is 5.75 Å². The highest BCUT2D eigenvalue weighted by molar-refractivity contribution is 7.48. The van der Waals surface area contributed by atoms with E-state index in [1.54, 1.807) is 21.0 Å². The first kappa shape index (κ1) is 18.1. The summed E-state index contributed by atoms with van der Waals surface area (Å²) in [5.41, 5.74) is 1.11. The standard InChI is InChI=1S/C17H25O5P/c1-4-20-23(18,21-5-2)22-15-10-8-9-14(13-15)16-11-6-7-12-17(16)19-3/h6-7,11-14H,4-5,8-10H2,1-3H3. The van der Waals surface area contributed by atoms with E-state index in [9.17, 15) is 4.57 Å². The maximum Gasteiger partial charge on any atom is 0.529 e. The van der Waals surface area contributed by atoms with Gasteiger partial charge in [-0.1, -0.05) is 18.2 Å². The molecule has 2 rings (SSSR count). The van der Waals surface area contributed by atoms with Gasteiger partial charge in [0.1, 0.15) is 11.5 Å². The summed E-state index contributed by atoms with van der Waals surface area (Å²) in [6.45, 7) is 4.09. The zero-order valence-corrected chi connectivity index (χ0v) is 14.9. The molecule has 0 bridgehead atoms. The zero-order valence-electron chi connectivity index (χ0n) is 14.0. The average Bonchev–Trinajstić information content (AvgIpc) is 2.55. The molecule has 6 heteroatoms. The van der Waals surface area contributed by atoms with Gasteiger partial charge < -0.3 is 9.26 Å². The monoisotopic (exact) mass is 340 g/mol. The molecule has 128 valence electrons. The lowest BCUT2D eigenvalue weighted by molar-refractivity contribution is 0.141. The summed E-state index contributed by atoms with van der Waals surface area (Å²) >= 11 is 0. The molecule has 1 aromatic rings. The molecular weight excluding hydrogens is 315 g/mol. The van der Waals surface area contributed by atoms with Crippen LogP contribution in [0.25, 0.3) is 0 Å². The molecule has 1 aromatic carbocycles. The third-order valence-corrected chi connectivity index (χ3v) is 5.27. The topological polar surface area (TPSA) is 54.0 Å². The molecule has 1 aliphatic rings. The number of hydrogen-bond acceptors (Lipinski definition) is 5. The Bertz CT molecular complexity index is 574. The number of phosphoric ester groups is 1. The van der Waals surface area contributed by atoms with Gasteiger partial charge in [-0.25, -0.2) is 4.57 Å². The summed E-state index contributed by atoms with van der Waals surface area (Å²) in [4.78, 5) is 0. The lowest BCUT2D eigenvalue weighted by Crippen LogP contribution is -2.08. The van der Waals surface area contributed by atoms with Crippen LogP contribution >= 0.6 is 7.82 Å². The van der Waals surface area contributed by atoms with Gasteiger partial charge in [0.2, 0.25) is 0 Å². The van der Waals surface area contributed by atoms with Crippen molar-refractivity contribution in [2.24, 2.45) is 0 Å². The van der Waals surface area contributed by atoms with Gasteiger partial charge in [-0.3, -0.25) is 9.05 Å². The van der Waals surface area contributed by atoms with Crippen LogP contribution in [0.1, 0.15) is 44.6 Å². The van der Waals surface area contributed by atoms with Crippen molar-refractivity contribution in [3.8, 4) is 5.75 Å². The highest BCUT2D eigenvalue weighted by atomic mass is 31.2. The van der Waals surface area contributed by atoms with Gasteiger partial charge in [0, 0.05) is 17.9 Å². The second-order valence-corrected chi connectivity index (χ2v) is 6.84. The minimum Gasteiger partial charge on any atom is -0.496 e. The molecule has 0 spiro atoms. The van der Waals surface area contributed by atoms with Gasteiger partial charge in [-0.2, -0.15) is 0 Å². The van der Waals surface area contributed by atoms with Crippen molar-refractivity contribution in [2.45, 2.75) is 39.0 Å². The SMILES string of the molecule is CCOP(=O)(OCC)OC1=CC(c2ccccc2OC)CCC1. The zero-order chi connectivity index (χ0) is 16.7. The number of rotatable bonds is 8. The molecule has 5 nitrogen and oxygen atoms in total. The van der Waals surface area contributed by atoms with Gasteiger partial charge in [-0.05, 0) is 38.8 Å². The molecule has 0 aromatic heterocycles. The third-order valence-electron chi connectivity index (χ3n) is 3.67. The Kier molecular flexibility index (Phi) is 6.70. The molecule has 1 atom stereocenters. The smallest absolute Gasteiger partial charge is 0.496 e. The van der Waals surface area contributed by atoms with Crippen molar-refractivity contribution in [1.82, 2.24) is 0 Å². The van der Waals surface area contributed by atoms with E-state index in [1.807, 2.05) is 30.3 Å². The molecule has 0 heterocycles. The average molecular weight is 340 g/mol. The lowest BCUT2D eigenvalue weighted by atomic mass is 9.88. The number of ether oxygens (including phenoxy) is 1. The van der Waals surface area contributed by atoms with E-state index in [0.717, 1.165) is 30.6 Å². The molecule has 0 N–H and O–H groups in total. The predicted molar refractivity (Wildman–Crippen MR) is 89.6 cm³/mol. The highest BCUT2D eigenvalue weighted by Crippen LogP contribution is 2.53. The maximum atomic E-state index is 12.5. The van der Waals surface area contributed by atoms with Crippen molar-refractivity contribution < 1.29 is 22.9 Å². The summed E-state index contributed by atoms with van der Waals surface area (Å²) in [5, 5.41) is 0. The Hall–Kier alpha value is -1.29. The molecule has 1 aliphatic carbocycles. The van der Waals surface area contributed by atoms with Crippen molar-refractivity contribution in [3.63, 3.8) is 0 Å². The second kappa shape index (κ2) is 8.53. The number of para-hydroxylation sites is 1. The highest BCUT2D eigenvalue weighted by Gasteiger charge is 2.30. The van der Waals surface area contributed by atoms with Crippen LogP contribution in [0.2, 0.25) is 0 Å². The summed E-state index contributed by atoms with van der Waals surface area (Å²) in [6, 6.07) is 7.94. The first-order valence-corrected chi connectivity index (χ1v) is 9.50. The Balaban J connectivity index is 2.20. The number of allylic oxidation sites excluding steroid dienone is 2. The van der Waals surface area contributed by atoms with Crippen LogP contribution in [0.4, 0.5) is 0 Å². The van der Waals surface area contributed by atoms with Gasteiger partial charge >= 0.3 is 7.82 Å². The Labute approximate surface area is 138 Å². The quantitative estimate of drug-likeness (QED) is 0.620. The largest absolute Gasteiger partial charge is 0.529 e. The molecule has 0 radical (unpaired) electrons. The molecule has 0 saturated heterocycles. The van der Waals surface area contributed by atoms with Crippen molar-refractivity contribution in [1.29, 1.82) is 0 Å². The van der Waals surface area contributed by atoms with Crippen LogP contribution < -0.4 is 4.74 Å². The van der Waals surface area contributed by atoms with Gasteiger partial charge in [0.25, 0.3) is 0 Å². The van der Waals surface area contributed by atoms with Crippen LogP contribution in [0.15, 0.2) is 36.1 Å². The normalized spacial score (nSPS) is 18.4. The van der Waals surface area contributed by atoms with Gasteiger partial charge in [0.05, 0.1) is 20.3 Å². The molecule has 0 amide bonds. The molecular formula is C17H25O5P. The van der Waals surface area contributed by atoms with E-state index < -0.39 is 7.82 Å². The van der Waals surface area contributed by atoms with E-state index in [-0.39, 0.29) is 19.1 Å². The fourth-order valence-electron chi connectivity index (χ4n) is 2.73. The van der Waals surface area contributed by atoms with E-state index in [4.69, 9.17) is 18.3 Å².